The lowest BCUT2D eigenvalue weighted by Crippen LogP contribution is -2.30. The molecule has 1 aromatic carbocycles. The van der Waals surface area contributed by atoms with Gasteiger partial charge in [0.25, 0.3) is 0 Å². The van der Waals surface area contributed by atoms with Crippen molar-refractivity contribution in [2.45, 2.75) is 102 Å². The largest absolute Gasteiger partial charge is 0.375 e. The van der Waals surface area contributed by atoms with E-state index in [0.29, 0.717) is 17.8 Å². The summed E-state index contributed by atoms with van der Waals surface area (Å²) in [7, 11) is 0. The Morgan fingerprint density at radius 2 is 1.31 bits per heavy atom. The monoisotopic (exact) mass is 408 g/mol. The van der Waals surface area contributed by atoms with Crippen molar-refractivity contribution < 1.29 is 17.9 Å². The molecule has 2 saturated carbocycles. The lowest BCUT2D eigenvalue weighted by atomic mass is 9.67. The summed E-state index contributed by atoms with van der Waals surface area (Å²) in [6.45, 7) is 2.24. The Morgan fingerprint density at radius 3 is 1.90 bits per heavy atom. The topological polar surface area (TPSA) is 9.23 Å². The van der Waals surface area contributed by atoms with Gasteiger partial charge in [-0.3, -0.25) is 0 Å². The third kappa shape index (κ3) is 4.84. The molecule has 4 rings (SSSR count). The second kappa shape index (κ2) is 9.41. The van der Waals surface area contributed by atoms with Gasteiger partial charge in [-0.1, -0.05) is 13.3 Å². The summed E-state index contributed by atoms with van der Waals surface area (Å²) in [4.78, 5) is 0. The molecule has 0 aromatic heterocycles. The maximum atomic E-state index is 13.6. The molecule has 29 heavy (non-hydrogen) atoms. The highest BCUT2D eigenvalue weighted by Crippen LogP contribution is 2.46. The summed E-state index contributed by atoms with van der Waals surface area (Å²) < 4.78 is 46.7. The van der Waals surface area contributed by atoms with Crippen molar-refractivity contribution in [2.75, 3.05) is 0 Å². The van der Waals surface area contributed by atoms with Gasteiger partial charge in [-0.05, 0) is 112 Å². The molecule has 3 aliphatic rings. The minimum Gasteiger partial charge on any atom is -0.375 e. The van der Waals surface area contributed by atoms with Gasteiger partial charge in [-0.15, -0.1) is 0 Å². The zero-order valence-corrected chi connectivity index (χ0v) is 17.6. The van der Waals surface area contributed by atoms with Crippen LogP contribution >= 0.6 is 0 Å². The van der Waals surface area contributed by atoms with E-state index in [2.05, 4.69) is 6.92 Å². The summed E-state index contributed by atoms with van der Waals surface area (Å²) in [5, 5.41) is 0. The zero-order chi connectivity index (χ0) is 20.4. The summed E-state index contributed by atoms with van der Waals surface area (Å²) in [6, 6.07) is 2.39. The number of rotatable bonds is 5. The van der Waals surface area contributed by atoms with Crippen molar-refractivity contribution >= 4 is 0 Å². The molecule has 1 aliphatic heterocycles. The molecule has 2 aliphatic carbocycles. The first-order valence-electron chi connectivity index (χ1n) is 11.8. The van der Waals surface area contributed by atoms with E-state index < -0.39 is 17.5 Å². The van der Waals surface area contributed by atoms with Gasteiger partial charge in [0.1, 0.15) is 0 Å². The Morgan fingerprint density at radius 1 is 0.759 bits per heavy atom. The van der Waals surface area contributed by atoms with Gasteiger partial charge in [-0.2, -0.15) is 0 Å². The summed E-state index contributed by atoms with van der Waals surface area (Å²) in [6.07, 6.45) is 15.3. The van der Waals surface area contributed by atoms with E-state index in [9.17, 15) is 13.2 Å². The van der Waals surface area contributed by atoms with Gasteiger partial charge in [-0.25, -0.2) is 13.2 Å². The van der Waals surface area contributed by atoms with E-state index in [1.807, 2.05) is 0 Å². The van der Waals surface area contributed by atoms with Crippen molar-refractivity contribution in [3.63, 3.8) is 0 Å². The summed E-state index contributed by atoms with van der Waals surface area (Å²) in [5.41, 5.74) is 0.628. The third-order valence-electron chi connectivity index (χ3n) is 8.01. The highest BCUT2D eigenvalue weighted by molar-refractivity contribution is 5.23. The minimum atomic E-state index is -1.36. The van der Waals surface area contributed by atoms with Crippen LogP contribution in [0.4, 0.5) is 13.2 Å². The van der Waals surface area contributed by atoms with Crippen molar-refractivity contribution in [1.29, 1.82) is 0 Å². The highest BCUT2D eigenvalue weighted by Gasteiger charge is 2.36. The van der Waals surface area contributed by atoms with Gasteiger partial charge in [0.05, 0.1) is 12.2 Å². The average Bonchev–Trinajstić information content (AvgIpc) is 3.21. The second-order valence-electron chi connectivity index (χ2n) is 9.75. The number of halogens is 3. The molecule has 0 amide bonds. The molecule has 1 heterocycles. The number of ether oxygens (including phenoxy) is 1. The fourth-order valence-electron chi connectivity index (χ4n) is 6.34. The Balaban J connectivity index is 1.24. The molecule has 2 atom stereocenters. The Kier molecular flexibility index (Phi) is 6.88. The van der Waals surface area contributed by atoms with E-state index >= 15 is 0 Å². The Hall–Kier alpha value is -1.03. The van der Waals surface area contributed by atoms with Crippen LogP contribution in [-0.4, -0.2) is 12.2 Å². The second-order valence-corrected chi connectivity index (χ2v) is 9.75. The molecule has 3 fully saturated rings. The van der Waals surface area contributed by atoms with Crippen molar-refractivity contribution in [3.8, 4) is 0 Å². The van der Waals surface area contributed by atoms with Crippen molar-refractivity contribution in [3.05, 3.63) is 35.1 Å². The van der Waals surface area contributed by atoms with Crippen LogP contribution in [-0.2, 0) is 4.74 Å². The van der Waals surface area contributed by atoms with Gasteiger partial charge in [0.2, 0.25) is 0 Å². The number of hydrogen-bond donors (Lipinski definition) is 0. The van der Waals surface area contributed by atoms with E-state index in [1.54, 1.807) is 0 Å². The summed E-state index contributed by atoms with van der Waals surface area (Å²) >= 11 is 0. The predicted octanol–water partition coefficient (Wildman–Crippen LogP) is 7.53. The predicted molar refractivity (Wildman–Crippen MR) is 109 cm³/mol. The molecule has 0 radical (unpaired) electrons. The highest BCUT2D eigenvalue weighted by atomic mass is 19.2. The van der Waals surface area contributed by atoms with Crippen LogP contribution in [0.5, 0.6) is 0 Å². The average molecular weight is 409 g/mol. The van der Waals surface area contributed by atoms with Gasteiger partial charge in [0.15, 0.2) is 17.5 Å². The molecule has 0 N–H and O–H groups in total. The maximum Gasteiger partial charge on any atom is 0.194 e. The van der Waals surface area contributed by atoms with Gasteiger partial charge < -0.3 is 4.74 Å². The molecular weight excluding hydrogens is 373 g/mol. The third-order valence-corrected chi connectivity index (χ3v) is 8.01. The standard InChI is InChI=1S/C25H35F3O/c1-2-3-21-12-13-24(29-21)19-10-8-17(9-11-19)16-4-6-18(7-5-16)20-14-22(26)25(28)23(27)15-20/h14-19,21,24H,2-13H2,1H3. The molecule has 1 nitrogen and oxygen atoms in total. The van der Waals surface area contributed by atoms with Crippen LogP contribution in [0.25, 0.3) is 0 Å². The van der Waals surface area contributed by atoms with Crippen LogP contribution in [0.2, 0.25) is 0 Å². The van der Waals surface area contributed by atoms with Crippen LogP contribution in [0.1, 0.15) is 95.5 Å². The molecule has 1 aromatic rings. The van der Waals surface area contributed by atoms with Crippen LogP contribution in [0.15, 0.2) is 12.1 Å². The summed E-state index contributed by atoms with van der Waals surface area (Å²) in [5.74, 6) is -1.04. The normalized spacial score (nSPS) is 35.7. The van der Waals surface area contributed by atoms with Gasteiger partial charge in [0, 0.05) is 0 Å². The molecular formula is C25H35F3O. The zero-order valence-electron chi connectivity index (χ0n) is 17.6. The lowest BCUT2D eigenvalue weighted by Gasteiger charge is -2.39. The first-order valence-corrected chi connectivity index (χ1v) is 11.8. The number of benzene rings is 1. The minimum absolute atomic E-state index is 0.162. The lowest BCUT2D eigenvalue weighted by molar-refractivity contribution is -0.0110. The fourth-order valence-corrected chi connectivity index (χ4v) is 6.34. The molecule has 1 saturated heterocycles. The number of hydrogen-bond acceptors (Lipinski definition) is 1. The smallest absolute Gasteiger partial charge is 0.194 e. The van der Waals surface area contributed by atoms with E-state index in [4.69, 9.17) is 4.74 Å². The van der Waals surface area contributed by atoms with Gasteiger partial charge >= 0.3 is 0 Å². The van der Waals surface area contributed by atoms with Crippen molar-refractivity contribution in [1.82, 2.24) is 0 Å². The molecule has 162 valence electrons. The van der Waals surface area contributed by atoms with E-state index in [0.717, 1.165) is 43.4 Å². The quantitative estimate of drug-likeness (QED) is 0.458. The Bertz CT molecular complexity index is 652. The van der Waals surface area contributed by atoms with Crippen molar-refractivity contribution in [2.24, 2.45) is 17.8 Å². The molecule has 0 spiro atoms. The Labute approximate surface area is 173 Å². The first-order chi connectivity index (χ1) is 14.0. The molecule has 4 heteroatoms. The van der Waals surface area contributed by atoms with Crippen LogP contribution < -0.4 is 0 Å². The van der Waals surface area contributed by atoms with Crippen LogP contribution in [0, 0.1) is 35.2 Å². The van der Waals surface area contributed by atoms with Crippen LogP contribution in [0.3, 0.4) is 0 Å². The molecule has 0 bridgehead atoms. The van der Waals surface area contributed by atoms with E-state index in [1.165, 1.54) is 63.5 Å². The van der Waals surface area contributed by atoms with E-state index in [-0.39, 0.29) is 5.92 Å². The maximum absolute atomic E-state index is 13.6. The molecule has 2 unspecified atom stereocenters. The first kappa shape index (κ1) is 21.2. The SMILES string of the molecule is CCCC1CCC(C2CCC(C3CCC(c4cc(F)c(F)c(F)c4)CC3)CC2)O1. The fraction of sp³-hybridized carbons (Fsp3) is 0.760.